The summed E-state index contributed by atoms with van der Waals surface area (Å²) in [6.45, 7) is 1.61. The lowest BCUT2D eigenvalue weighted by atomic mass is 10.2. The number of carbonyl (C=O) groups is 2. The summed E-state index contributed by atoms with van der Waals surface area (Å²) in [4.78, 5) is 30.0. The van der Waals surface area contributed by atoms with Crippen LogP contribution in [0.2, 0.25) is 0 Å². The average Bonchev–Trinajstić information content (AvgIpc) is 2.98. The molecule has 24 heavy (non-hydrogen) atoms. The highest BCUT2D eigenvalue weighted by Gasteiger charge is 2.17. The number of nitrogens with zero attached hydrogens (tertiary/aromatic N) is 3. The van der Waals surface area contributed by atoms with Crippen LogP contribution < -0.4 is 5.32 Å². The number of aryl methyl sites for hydroxylation is 1. The van der Waals surface area contributed by atoms with E-state index < -0.39 is 0 Å². The van der Waals surface area contributed by atoms with Crippen LogP contribution in [-0.4, -0.2) is 40.4 Å². The van der Waals surface area contributed by atoms with Crippen molar-refractivity contribution in [3.63, 3.8) is 0 Å². The highest BCUT2D eigenvalue weighted by atomic mass is 16.5. The van der Waals surface area contributed by atoms with Crippen LogP contribution in [0, 0.1) is 6.92 Å². The zero-order chi connectivity index (χ0) is 17.1. The van der Waals surface area contributed by atoms with Gasteiger partial charge in [-0.05, 0) is 19.1 Å². The Morgan fingerprint density at radius 1 is 1.21 bits per heavy atom. The molecule has 0 aliphatic heterocycles. The van der Waals surface area contributed by atoms with Gasteiger partial charge in [-0.1, -0.05) is 29.4 Å². The van der Waals surface area contributed by atoms with Gasteiger partial charge in [0.2, 0.25) is 5.91 Å². The second kappa shape index (κ2) is 6.49. The number of aromatic nitrogens is 2. The Bertz CT molecular complexity index is 903. The number of para-hydroxylation sites is 1. The monoisotopic (exact) mass is 324 g/mol. The van der Waals surface area contributed by atoms with E-state index in [-0.39, 0.29) is 18.4 Å². The van der Waals surface area contributed by atoms with Crippen molar-refractivity contribution in [2.24, 2.45) is 0 Å². The Hall–Kier alpha value is -3.22. The highest BCUT2D eigenvalue weighted by Crippen LogP contribution is 2.13. The van der Waals surface area contributed by atoms with Gasteiger partial charge in [-0.3, -0.25) is 9.59 Å². The van der Waals surface area contributed by atoms with Crippen LogP contribution in [0.1, 0.15) is 16.2 Å². The van der Waals surface area contributed by atoms with Crippen LogP contribution in [0.15, 0.2) is 47.0 Å². The molecule has 0 unspecified atom stereocenters. The van der Waals surface area contributed by atoms with E-state index in [0.29, 0.717) is 17.3 Å². The van der Waals surface area contributed by atoms with Crippen molar-refractivity contribution in [2.75, 3.05) is 18.9 Å². The first kappa shape index (κ1) is 15.7. The smallest absolute Gasteiger partial charge is 0.272 e. The van der Waals surface area contributed by atoms with Gasteiger partial charge in [-0.2, -0.15) is 0 Å². The molecule has 0 atom stereocenters. The van der Waals surface area contributed by atoms with Crippen molar-refractivity contribution in [3.8, 4) is 0 Å². The zero-order valence-electron chi connectivity index (χ0n) is 13.3. The van der Waals surface area contributed by atoms with Gasteiger partial charge in [-0.15, -0.1) is 0 Å². The van der Waals surface area contributed by atoms with Crippen molar-refractivity contribution in [2.45, 2.75) is 6.92 Å². The summed E-state index contributed by atoms with van der Waals surface area (Å²) < 4.78 is 4.87. The van der Waals surface area contributed by atoms with Crippen LogP contribution in [0.25, 0.3) is 10.9 Å². The van der Waals surface area contributed by atoms with Gasteiger partial charge in [0, 0.05) is 18.5 Å². The summed E-state index contributed by atoms with van der Waals surface area (Å²) in [6.07, 6.45) is 0. The molecule has 2 amide bonds. The predicted molar refractivity (Wildman–Crippen MR) is 88.6 cm³/mol. The van der Waals surface area contributed by atoms with Crippen LogP contribution in [0.4, 0.5) is 5.82 Å². The van der Waals surface area contributed by atoms with Gasteiger partial charge in [0.25, 0.3) is 5.91 Å². The first-order valence-corrected chi connectivity index (χ1v) is 7.37. The van der Waals surface area contributed by atoms with Crippen molar-refractivity contribution >= 4 is 28.5 Å². The number of hydrogen-bond acceptors (Lipinski definition) is 5. The molecular formula is C17H16N4O3. The summed E-state index contributed by atoms with van der Waals surface area (Å²) >= 11 is 0. The fraction of sp³-hybridized carbons (Fsp3) is 0.176. The Labute approximate surface area is 138 Å². The van der Waals surface area contributed by atoms with Gasteiger partial charge in [-0.25, -0.2) is 4.98 Å². The number of likely N-dealkylation sites (N-methyl/N-ethyl adjacent to an activating group) is 1. The Morgan fingerprint density at radius 2 is 2.00 bits per heavy atom. The third-order valence-corrected chi connectivity index (χ3v) is 3.44. The molecule has 0 radical (unpaired) electrons. The summed E-state index contributed by atoms with van der Waals surface area (Å²) in [7, 11) is 1.55. The maximum Gasteiger partial charge on any atom is 0.272 e. The molecule has 0 saturated heterocycles. The minimum Gasteiger partial charge on any atom is -0.360 e. The number of anilines is 1. The quantitative estimate of drug-likeness (QED) is 0.795. The van der Waals surface area contributed by atoms with Crippen LogP contribution in [-0.2, 0) is 4.79 Å². The second-order valence-corrected chi connectivity index (χ2v) is 5.42. The zero-order valence-corrected chi connectivity index (χ0v) is 13.3. The number of fused-ring (bicyclic) bond motifs is 1. The first-order chi connectivity index (χ1) is 11.5. The van der Waals surface area contributed by atoms with E-state index in [1.165, 1.54) is 4.90 Å². The van der Waals surface area contributed by atoms with Crippen molar-refractivity contribution in [1.29, 1.82) is 0 Å². The van der Waals surface area contributed by atoms with E-state index in [1.54, 1.807) is 26.1 Å². The molecular weight excluding hydrogens is 308 g/mol. The van der Waals surface area contributed by atoms with Crippen LogP contribution >= 0.6 is 0 Å². The summed E-state index contributed by atoms with van der Waals surface area (Å²) in [6, 6.07) is 12.6. The van der Waals surface area contributed by atoms with Crippen LogP contribution in [0.5, 0.6) is 0 Å². The molecule has 3 aromatic rings. The van der Waals surface area contributed by atoms with E-state index in [1.807, 2.05) is 30.3 Å². The Balaban J connectivity index is 1.67. The number of hydrogen-bond donors (Lipinski definition) is 1. The third kappa shape index (κ3) is 3.40. The standard InChI is InChI=1S/C17H16N4O3/c1-11-9-15(20-24-11)19-16(22)10-21(2)17(23)14-8-7-12-5-3-4-6-13(12)18-14/h3-9H,10H2,1-2H3,(H,19,20,22). The van der Waals surface area contributed by atoms with Gasteiger partial charge in [0.15, 0.2) is 5.82 Å². The lowest BCUT2D eigenvalue weighted by Gasteiger charge is -2.16. The van der Waals surface area contributed by atoms with E-state index in [0.717, 1.165) is 10.9 Å². The van der Waals surface area contributed by atoms with Gasteiger partial charge >= 0.3 is 0 Å². The Morgan fingerprint density at radius 3 is 2.75 bits per heavy atom. The molecule has 0 saturated carbocycles. The lowest BCUT2D eigenvalue weighted by Crippen LogP contribution is -2.35. The first-order valence-electron chi connectivity index (χ1n) is 7.37. The van der Waals surface area contributed by atoms with Gasteiger partial charge in [0.05, 0.1) is 12.1 Å². The average molecular weight is 324 g/mol. The SMILES string of the molecule is Cc1cc(NC(=O)CN(C)C(=O)c2ccc3ccccc3n2)no1. The number of carbonyl (C=O) groups excluding carboxylic acids is 2. The molecule has 122 valence electrons. The summed E-state index contributed by atoms with van der Waals surface area (Å²) in [5, 5.41) is 7.20. The number of benzene rings is 1. The summed E-state index contributed by atoms with van der Waals surface area (Å²) in [5.74, 6) is 0.226. The van der Waals surface area contributed by atoms with E-state index in [2.05, 4.69) is 15.5 Å². The second-order valence-electron chi connectivity index (χ2n) is 5.42. The molecule has 1 N–H and O–H groups in total. The maximum atomic E-state index is 12.4. The number of pyridine rings is 1. The highest BCUT2D eigenvalue weighted by molar-refractivity contribution is 5.99. The topological polar surface area (TPSA) is 88.3 Å². The molecule has 0 bridgehead atoms. The van der Waals surface area contributed by atoms with Crippen LogP contribution in [0.3, 0.4) is 0 Å². The summed E-state index contributed by atoms with van der Waals surface area (Å²) in [5.41, 5.74) is 1.03. The van der Waals surface area contributed by atoms with E-state index >= 15 is 0 Å². The molecule has 1 aromatic carbocycles. The van der Waals surface area contributed by atoms with Gasteiger partial charge in [0.1, 0.15) is 11.5 Å². The van der Waals surface area contributed by atoms with E-state index in [4.69, 9.17) is 4.52 Å². The predicted octanol–water partition coefficient (Wildman–Crippen LogP) is 2.24. The normalized spacial score (nSPS) is 10.6. The van der Waals surface area contributed by atoms with Gasteiger partial charge < -0.3 is 14.7 Å². The Kier molecular flexibility index (Phi) is 4.24. The van der Waals surface area contributed by atoms with Crippen molar-refractivity contribution in [3.05, 3.63) is 53.9 Å². The third-order valence-electron chi connectivity index (χ3n) is 3.44. The molecule has 0 fully saturated rings. The fourth-order valence-electron chi connectivity index (χ4n) is 2.28. The molecule has 2 heterocycles. The van der Waals surface area contributed by atoms with E-state index in [9.17, 15) is 9.59 Å². The molecule has 0 aliphatic rings. The molecule has 3 rings (SSSR count). The fourth-order valence-corrected chi connectivity index (χ4v) is 2.28. The largest absolute Gasteiger partial charge is 0.360 e. The minimum atomic E-state index is -0.361. The molecule has 7 nitrogen and oxygen atoms in total. The number of rotatable bonds is 4. The molecule has 2 aromatic heterocycles. The maximum absolute atomic E-state index is 12.4. The van der Waals surface area contributed by atoms with Crippen molar-refractivity contribution in [1.82, 2.24) is 15.0 Å². The number of nitrogens with one attached hydrogen (secondary N) is 1. The molecule has 0 aliphatic carbocycles. The molecule has 0 spiro atoms. The lowest BCUT2D eigenvalue weighted by molar-refractivity contribution is -0.116. The molecule has 7 heteroatoms. The van der Waals surface area contributed by atoms with Crippen molar-refractivity contribution < 1.29 is 14.1 Å². The number of amides is 2. The minimum absolute atomic E-state index is 0.112.